The van der Waals surface area contributed by atoms with Gasteiger partial charge in [-0.15, -0.1) is 0 Å². The number of halogens is 1. The summed E-state index contributed by atoms with van der Waals surface area (Å²) in [7, 11) is 0. The van der Waals surface area contributed by atoms with E-state index in [0.29, 0.717) is 11.5 Å². The molecule has 0 unspecified atom stereocenters. The number of carbonyl (C=O) groups excluding carboxylic acids is 1. The molecule has 8 nitrogen and oxygen atoms in total. The van der Waals surface area contributed by atoms with Gasteiger partial charge in [0.15, 0.2) is 0 Å². The first-order valence-corrected chi connectivity index (χ1v) is 12.3. The van der Waals surface area contributed by atoms with E-state index in [1.54, 1.807) is 6.92 Å². The van der Waals surface area contributed by atoms with Crippen LogP contribution in [0.1, 0.15) is 59.3 Å². The maximum atomic E-state index is 12.5. The van der Waals surface area contributed by atoms with Crippen molar-refractivity contribution in [3.8, 4) is 0 Å². The van der Waals surface area contributed by atoms with Crippen molar-refractivity contribution >= 4 is 29.3 Å². The number of rotatable bonds is 10. The molecule has 1 fully saturated rings. The average Bonchev–Trinajstić information content (AvgIpc) is 2.78. The van der Waals surface area contributed by atoms with E-state index in [1.807, 2.05) is 0 Å². The molecule has 4 rings (SSSR count). The van der Waals surface area contributed by atoms with Crippen LogP contribution in [0.5, 0.6) is 0 Å². The lowest BCUT2D eigenvalue weighted by molar-refractivity contribution is -0.140. The lowest BCUT2D eigenvalue weighted by atomic mass is 9.79. The van der Waals surface area contributed by atoms with Gasteiger partial charge in [-0.3, -0.25) is 9.78 Å². The van der Waals surface area contributed by atoms with Crippen LogP contribution in [-0.4, -0.2) is 52.2 Å². The molecule has 0 saturated heterocycles. The number of aliphatic carboxylic acids is 1. The first-order valence-electron chi connectivity index (χ1n) is 11.9. The molecule has 34 heavy (non-hydrogen) atoms. The van der Waals surface area contributed by atoms with Crippen molar-refractivity contribution in [2.75, 3.05) is 18.5 Å². The maximum absolute atomic E-state index is 12.5. The lowest BCUT2D eigenvalue weighted by Crippen LogP contribution is -2.42. The normalized spacial score (nSPS) is 19.9. The number of ether oxygens (including phenoxy) is 1. The average molecular weight is 487 g/mol. The Morgan fingerprint density at radius 2 is 2.15 bits per heavy atom. The number of amides is 1. The maximum Gasteiger partial charge on any atom is 0.326 e. The molecule has 2 aliphatic rings. The third-order valence-corrected chi connectivity index (χ3v) is 6.92. The molecule has 0 bridgehead atoms. The Kier molecular flexibility index (Phi) is 8.00. The zero-order valence-corrected chi connectivity index (χ0v) is 20.1. The highest BCUT2D eigenvalue weighted by atomic mass is 35.5. The monoisotopic (exact) mass is 486 g/mol. The van der Waals surface area contributed by atoms with Crippen LogP contribution in [0.15, 0.2) is 24.5 Å². The Morgan fingerprint density at radius 3 is 2.91 bits per heavy atom. The van der Waals surface area contributed by atoms with Crippen molar-refractivity contribution in [1.82, 2.24) is 15.3 Å². The molecule has 0 radical (unpaired) electrons. The van der Waals surface area contributed by atoms with Crippen molar-refractivity contribution in [3.63, 3.8) is 0 Å². The standard InChI is InChI=1S/C25H31ClN4O4/c1-15-13-27-14-20(26)22(15)24(31)30-21(25(32)33)8-10-34-19-11-16(12-19)4-6-18-7-5-17-3-2-9-28-23(17)29-18/h5,7,13-14,16,19,21H,2-4,6,8-12H2,1H3,(H,28,29)(H,30,31)(H,32,33)/t16-,19-,21-/m0/s1. The van der Waals surface area contributed by atoms with Gasteiger partial charge in [-0.1, -0.05) is 17.7 Å². The second-order valence-electron chi connectivity index (χ2n) is 9.18. The van der Waals surface area contributed by atoms with E-state index in [2.05, 4.69) is 27.8 Å². The summed E-state index contributed by atoms with van der Waals surface area (Å²) in [5.74, 6) is 0.0212. The fraction of sp³-hybridized carbons (Fsp3) is 0.520. The van der Waals surface area contributed by atoms with Crippen molar-refractivity contribution in [2.45, 2.75) is 64.0 Å². The highest BCUT2D eigenvalue weighted by Gasteiger charge is 2.30. The molecule has 1 amide bonds. The quantitative estimate of drug-likeness (QED) is 0.468. The van der Waals surface area contributed by atoms with Crippen molar-refractivity contribution in [2.24, 2.45) is 5.92 Å². The minimum atomic E-state index is -1.10. The van der Waals surface area contributed by atoms with Gasteiger partial charge >= 0.3 is 5.97 Å². The van der Waals surface area contributed by atoms with Gasteiger partial charge in [0.05, 0.1) is 16.7 Å². The van der Waals surface area contributed by atoms with Gasteiger partial charge in [-0.2, -0.15) is 0 Å². The van der Waals surface area contributed by atoms with E-state index >= 15 is 0 Å². The topological polar surface area (TPSA) is 113 Å². The second kappa shape index (κ2) is 11.1. The highest BCUT2D eigenvalue weighted by Crippen LogP contribution is 2.34. The molecule has 3 heterocycles. The number of nitrogens with zero attached hydrogens (tertiary/aromatic N) is 2. The minimum Gasteiger partial charge on any atom is -0.480 e. The summed E-state index contributed by atoms with van der Waals surface area (Å²) in [6, 6.07) is 3.29. The first-order chi connectivity index (χ1) is 16.4. The fourth-order valence-electron chi connectivity index (χ4n) is 4.57. The molecule has 1 saturated carbocycles. The Morgan fingerprint density at radius 1 is 1.32 bits per heavy atom. The van der Waals surface area contributed by atoms with Crippen LogP contribution in [0.3, 0.4) is 0 Å². The van der Waals surface area contributed by atoms with Crippen LogP contribution < -0.4 is 10.6 Å². The van der Waals surface area contributed by atoms with Crippen LogP contribution in [0, 0.1) is 12.8 Å². The minimum absolute atomic E-state index is 0.144. The van der Waals surface area contributed by atoms with E-state index in [1.165, 1.54) is 18.0 Å². The Balaban J connectivity index is 1.17. The number of hydrogen-bond donors (Lipinski definition) is 3. The zero-order valence-electron chi connectivity index (χ0n) is 19.3. The molecule has 3 N–H and O–H groups in total. The summed E-state index contributed by atoms with van der Waals surface area (Å²) in [4.78, 5) is 32.9. The summed E-state index contributed by atoms with van der Waals surface area (Å²) in [5, 5.41) is 15.6. The molecule has 0 aromatic carbocycles. The van der Waals surface area contributed by atoms with Gasteiger partial charge in [0.2, 0.25) is 0 Å². The SMILES string of the molecule is Cc1cncc(Cl)c1C(=O)N[C@@H](CCO[C@H]1C[C@H](CCc2ccc3c(n2)NCCC3)C1)C(=O)O. The number of hydrogen-bond acceptors (Lipinski definition) is 6. The number of nitrogens with one attached hydrogen (secondary N) is 2. The smallest absolute Gasteiger partial charge is 0.326 e. The summed E-state index contributed by atoms with van der Waals surface area (Å²) in [6.45, 7) is 2.97. The Bertz CT molecular complexity index is 1020. The van der Waals surface area contributed by atoms with Crippen molar-refractivity contribution < 1.29 is 19.4 Å². The number of carboxylic acids is 1. The van der Waals surface area contributed by atoms with E-state index < -0.39 is 17.9 Å². The number of aryl methyl sites for hydroxylation is 3. The van der Waals surface area contributed by atoms with Crippen LogP contribution in [-0.2, 0) is 22.4 Å². The van der Waals surface area contributed by atoms with Gasteiger partial charge in [0.1, 0.15) is 11.9 Å². The number of fused-ring (bicyclic) bond motifs is 1. The van der Waals surface area contributed by atoms with Crippen molar-refractivity contribution in [1.29, 1.82) is 0 Å². The van der Waals surface area contributed by atoms with Gasteiger partial charge in [-0.25, -0.2) is 9.78 Å². The van der Waals surface area contributed by atoms with Crippen molar-refractivity contribution in [3.05, 3.63) is 51.9 Å². The number of anilines is 1. The summed E-state index contributed by atoms with van der Waals surface area (Å²) < 4.78 is 5.87. The first kappa shape index (κ1) is 24.4. The Hall–Kier alpha value is -2.71. The van der Waals surface area contributed by atoms with Gasteiger partial charge in [0.25, 0.3) is 5.91 Å². The summed E-state index contributed by atoms with van der Waals surface area (Å²) in [6.07, 6.45) is 9.46. The molecule has 1 aliphatic heterocycles. The highest BCUT2D eigenvalue weighted by molar-refractivity contribution is 6.33. The molecule has 2 aromatic rings. The zero-order chi connectivity index (χ0) is 24.1. The molecule has 2 aromatic heterocycles. The third kappa shape index (κ3) is 6.04. The largest absolute Gasteiger partial charge is 0.480 e. The molecule has 9 heteroatoms. The molecule has 0 spiro atoms. The van der Waals surface area contributed by atoms with E-state index in [0.717, 1.165) is 56.6 Å². The number of pyridine rings is 2. The van der Waals surface area contributed by atoms with Gasteiger partial charge in [-0.05, 0) is 68.6 Å². The van der Waals surface area contributed by atoms with Crippen LogP contribution in [0.25, 0.3) is 0 Å². The number of aromatic nitrogens is 2. The predicted octanol–water partition coefficient (Wildman–Crippen LogP) is 3.80. The molecular formula is C25H31ClN4O4. The van der Waals surface area contributed by atoms with Crippen LogP contribution in [0.4, 0.5) is 5.82 Å². The molecule has 1 atom stereocenters. The van der Waals surface area contributed by atoms with E-state index in [4.69, 9.17) is 21.3 Å². The summed E-state index contributed by atoms with van der Waals surface area (Å²) in [5.41, 5.74) is 3.27. The Labute approximate surface area is 204 Å². The lowest BCUT2D eigenvalue weighted by Gasteiger charge is -2.35. The van der Waals surface area contributed by atoms with Gasteiger partial charge < -0.3 is 20.5 Å². The number of carboxylic acid groups (broad SMARTS) is 1. The summed E-state index contributed by atoms with van der Waals surface area (Å²) >= 11 is 6.07. The third-order valence-electron chi connectivity index (χ3n) is 6.63. The molecular weight excluding hydrogens is 456 g/mol. The number of carbonyl (C=O) groups is 2. The van der Waals surface area contributed by atoms with Crippen LogP contribution in [0.2, 0.25) is 5.02 Å². The predicted molar refractivity (Wildman–Crippen MR) is 129 cm³/mol. The van der Waals surface area contributed by atoms with Crippen LogP contribution >= 0.6 is 11.6 Å². The van der Waals surface area contributed by atoms with Gasteiger partial charge in [0, 0.05) is 37.7 Å². The molecule has 182 valence electrons. The fourth-order valence-corrected chi connectivity index (χ4v) is 4.86. The second-order valence-corrected chi connectivity index (χ2v) is 9.58. The van der Waals surface area contributed by atoms with E-state index in [-0.39, 0.29) is 29.7 Å². The molecule has 1 aliphatic carbocycles. The van der Waals surface area contributed by atoms with E-state index in [9.17, 15) is 14.7 Å².